The third kappa shape index (κ3) is 2.81. The summed E-state index contributed by atoms with van der Waals surface area (Å²) in [5.41, 5.74) is 2.37. The van der Waals surface area contributed by atoms with Crippen molar-refractivity contribution in [1.82, 2.24) is 14.9 Å². The first-order chi connectivity index (χ1) is 11.0. The molecule has 2 aromatic rings. The van der Waals surface area contributed by atoms with Crippen LogP contribution in [-0.2, 0) is 0 Å². The lowest BCUT2D eigenvalue weighted by Crippen LogP contribution is -2.44. The van der Waals surface area contributed by atoms with Crippen LogP contribution in [0.25, 0.3) is 5.13 Å². The summed E-state index contributed by atoms with van der Waals surface area (Å²) >= 11 is 1.55. The van der Waals surface area contributed by atoms with Gasteiger partial charge < -0.3 is 10.4 Å². The predicted octanol–water partition coefficient (Wildman–Crippen LogP) is 2.83. The van der Waals surface area contributed by atoms with Gasteiger partial charge in [-0.3, -0.25) is 9.36 Å². The summed E-state index contributed by atoms with van der Waals surface area (Å²) in [5.74, 6) is -0.0625. The maximum atomic E-state index is 12.7. The molecule has 1 amide bonds. The van der Waals surface area contributed by atoms with Crippen LogP contribution in [0.5, 0.6) is 0 Å². The highest BCUT2D eigenvalue weighted by atomic mass is 32.1. The number of aliphatic hydroxyl groups is 1. The first kappa shape index (κ1) is 16.2. The molecule has 1 aliphatic carbocycles. The molecule has 0 unspecified atom stereocenters. The molecule has 23 heavy (non-hydrogen) atoms. The number of aryl methyl sites for hydroxylation is 1. The fourth-order valence-electron chi connectivity index (χ4n) is 3.52. The Labute approximate surface area is 140 Å². The number of rotatable bonds is 4. The van der Waals surface area contributed by atoms with Crippen LogP contribution in [0.15, 0.2) is 17.6 Å². The van der Waals surface area contributed by atoms with Crippen molar-refractivity contribution in [3.8, 4) is 5.13 Å². The minimum absolute atomic E-state index is 0.0305. The molecule has 2 N–H and O–H groups in total. The standard InChI is InChI=1S/C17H23N3O2S/c1-11-9-13(12(2)20(11)16-18-7-8-23-16)15(22)19-14-5-4-6-17(14,3)10-21/h7-9,14,21H,4-6,10H2,1-3H3,(H,19,22)/t14-,17+/m1/s1. The summed E-state index contributed by atoms with van der Waals surface area (Å²) in [6.45, 7) is 6.08. The molecule has 0 aliphatic heterocycles. The Balaban J connectivity index is 1.85. The van der Waals surface area contributed by atoms with Gasteiger partial charge in [-0.25, -0.2) is 4.98 Å². The summed E-state index contributed by atoms with van der Waals surface area (Å²) in [6.07, 6.45) is 4.69. The SMILES string of the molecule is Cc1cc(C(=O)N[C@@H]2CCC[C@@]2(C)CO)c(C)n1-c1nccs1. The Morgan fingerprint density at radius 3 is 3.00 bits per heavy atom. The van der Waals surface area contributed by atoms with E-state index in [0.717, 1.165) is 35.8 Å². The molecule has 124 valence electrons. The number of thiazole rings is 1. The van der Waals surface area contributed by atoms with Crippen molar-refractivity contribution >= 4 is 17.2 Å². The van der Waals surface area contributed by atoms with Gasteiger partial charge in [-0.15, -0.1) is 11.3 Å². The molecule has 2 atom stereocenters. The van der Waals surface area contributed by atoms with E-state index in [9.17, 15) is 9.90 Å². The van der Waals surface area contributed by atoms with Crippen LogP contribution in [0.3, 0.4) is 0 Å². The fraction of sp³-hybridized carbons (Fsp3) is 0.529. The molecular formula is C17H23N3O2S. The minimum Gasteiger partial charge on any atom is -0.396 e. The van der Waals surface area contributed by atoms with Gasteiger partial charge in [0.25, 0.3) is 5.91 Å². The second kappa shape index (κ2) is 6.09. The number of carbonyl (C=O) groups is 1. The van der Waals surface area contributed by atoms with Crippen molar-refractivity contribution in [3.63, 3.8) is 0 Å². The van der Waals surface area contributed by atoms with E-state index >= 15 is 0 Å². The predicted molar refractivity (Wildman–Crippen MR) is 91.2 cm³/mol. The first-order valence-corrected chi connectivity index (χ1v) is 8.85. The average molecular weight is 333 g/mol. The van der Waals surface area contributed by atoms with Gasteiger partial charge in [0, 0.05) is 34.4 Å². The molecule has 0 spiro atoms. The molecule has 2 heterocycles. The van der Waals surface area contributed by atoms with Crippen LogP contribution >= 0.6 is 11.3 Å². The fourth-order valence-corrected chi connectivity index (χ4v) is 4.27. The number of carbonyl (C=O) groups excluding carboxylic acids is 1. The van der Waals surface area contributed by atoms with Gasteiger partial charge in [-0.05, 0) is 32.8 Å². The Morgan fingerprint density at radius 2 is 2.35 bits per heavy atom. The molecular weight excluding hydrogens is 310 g/mol. The zero-order valence-corrected chi connectivity index (χ0v) is 14.6. The van der Waals surface area contributed by atoms with Gasteiger partial charge in [0.1, 0.15) is 0 Å². The lowest BCUT2D eigenvalue weighted by atomic mass is 9.85. The van der Waals surface area contributed by atoms with Gasteiger partial charge in [0.2, 0.25) is 0 Å². The molecule has 0 bridgehead atoms. The monoisotopic (exact) mass is 333 g/mol. The highest BCUT2D eigenvalue weighted by molar-refractivity contribution is 7.12. The quantitative estimate of drug-likeness (QED) is 0.904. The Kier molecular flexibility index (Phi) is 4.29. The van der Waals surface area contributed by atoms with Crippen molar-refractivity contribution in [2.24, 2.45) is 5.41 Å². The highest BCUT2D eigenvalue weighted by Gasteiger charge is 2.39. The van der Waals surface area contributed by atoms with E-state index in [-0.39, 0.29) is 24.0 Å². The third-order valence-electron chi connectivity index (χ3n) is 5.03. The molecule has 0 aromatic carbocycles. The number of aliphatic hydroxyl groups excluding tert-OH is 1. The van der Waals surface area contributed by atoms with E-state index in [1.54, 1.807) is 17.5 Å². The number of nitrogens with zero attached hydrogens (tertiary/aromatic N) is 2. The molecule has 1 aliphatic rings. The normalized spacial score (nSPS) is 24.1. The largest absolute Gasteiger partial charge is 0.396 e. The Hall–Kier alpha value is -1.66. The zero-order chi connectivity index (χ0) is 16.6. The topological polar surface area (TPSA) is 67.2 Å². The zero-order valence-electron chi connectivity index (χ0n) is 13.8. The van der Waals surface area contributed by atoms with Gasteiger partial charge in [-0.1, -0.05) is 13.3 Å². The molecule has 1 fully saturated rings. The summed E-state index contributed by atoms with van der Waals surface area (Å²) in [5, 5.41) is 15.6. The molecule has 6 heteroatoms. The Bertz CT molecular complexity index is 708. The lowest BCUT2D eigenvalue weighted by molar-refractivity contribution is 0.0830. The summed E-state index contributed by atoms with van der Waals surface area (Å²) < 4.78 is 2.01. The van der Waals surface area contributed by atoms with Crippen LogP contribution in [0.2, 0.25) is 0 Å². The molecule has 2 aromatic heterocycles. The van der Waals surface area contributed by atoms with E-state index in [2.05, 4.69) is 10.3 Å². The number of aromatic nitrogens is 2. The first-order valence-electron chi connectivity index (χ1n) is 7.97. The Morgan fingerprint density at radius 1 is 1.57 bits per heavy atom. The maximum absolute atomic E-state index is 12.7. The third-order valence-corrected chi connectivity index (χ3v) is 5.79. The van der Waals surface area contributed by atoms with E-state index in [4.69, 9.17) is 0 Å². The summed E-state index contributed by atoms with van der Waals surface area (Å²) in [7, 11) is 0. The van der Waals surface area contributed by atoms with E-state index < -0.39 is 0 Å². The molecule has 0 saturated heterocycles. The van der Waals surface area contributed by atoms with Crippen LogP contribution in [-0.4, -0.2) is 33.2 Å². The van der Waals surface area contributed by atoms with Crippen molar-refractivity contribution < 1.29 is 9.90 Å². The maximum Gasteiger partial charge on any atom is 0.253 e. The summed E-state index contributed by atoms with van der Waals surface area (Å²) in [4.78, 5) is 17.1. The van der Waals surface area contributed by atoms with Gasteiger partial charge in [0.15, 0.2) is 5.13 Å². The molecule has 3 rings (SSSR count). The van der Waals surface area contributed by atoms with Crippen molar-refractivity contribution in [3.05, 3.63) is 34.6 Å². The second-order valence-corrected chi connectivity index (χ2v) is 7.54. The van der Waals surface area contributed by atoms with Crippen molar-refractivity contribution in [1.29, 1.82) is 0 Å². The molecule has 1 saturated carbocycles. The van der Waals surface area contributed by atoms with Crippen LogP contribution < -0.4 is 5.32 Å². The summed E-state index contributed by atoms with van der Waals surface area (Å²) in [6, 6.07) is 1.94. The van der Waals surface area contributed by atoms with Gasteiger partial charge >= 0.3 is 0 Å². The van der Waals surface area contributed by atoms with Crippen LogP contribution in [0.4, 0.5) is 0 Å². The smallest absolute Gasteiger partial charge is 0.253 e. The number of amides is 1. The molecule has 5 nitrogen and oxygen atoms in total. The van der Waals surface area contributed by atoms with E-state index in [1.165, 1.54) is 0 Å². The number of nitrogens with one attached hydrogen (secondary N) is 1. The van der Waals surface area contributed by atoms with Crippen LogP contribution in [0.1, 0.15) is 47.9 Å². The van der Waals surface area contributed by atoms with Gasteiger partial charge in [0.05, 0.1) is 12.2 Å². The van der Waals surface area contributed by atoms with Crippen molar-refractivity contribution in [2.45, 2.75) is 46.1 Å². The van der Waals surface area contributed by atoms with E-state index in [0.29, 0.717) is 5.56 Å². The lowest BCUT2D eigenvalue weighted by Gasteiger charge is -2.30. The number of hydrogen-bond acceptors (Lipinski definition) is 4. The second-order valence-electron chi connectivity index (χ2n) is 6.67. The highest BCUT2D eigenvalue weighted by Crippen LogP contribution is 2.37. The average Bonchev–Trinajstić information content (AvgIpc) is 3.21. The van der Waals surface area contributed by atoms with Gasteiger partial charge in [-0.2, -0.15) is 0 Å². The number of hydrogen-bond donors (Lipinski definition) is 2. The van der Waals surface area contributed by atoms with Crippen LogP contribution in [0, 0.1) is 19.3 Å². The van der Waals surface area contributed by atoms with Crippen molar-refractivity contribution in [2.75, 3.05) is 6.61 Å². The minimum atomic E-state index is -0.212. The molecule has 0 radical (unpaired) electrons. The van der Waals surface area contributed by atoms with E-state index in [1.807, 2.05) is 36.8 Å².